The van der Waals surface area contributed by atoms with Gasteiger partial charge in [-0.2, -0.15) is 0 Å². The van der Waals surface area contributed by atoms with Gasteiger partial charge in [-0.05, 0) is 12.6 Å². The van der Waals surface area contributed by atoms with Gasteiger partial charge in [-0.15, -0.1) is 0 Å². The zero-order valence-corrected chi connectivity index (χ0v) is 12.0. The fraction of sp³-hybridized carbons (Fsp3) is 0.385. The molecule has 0 spiro atoms. The first-order valence-electron chi connectivity index (χ1n) is 5.66. The van der Waals surface area contributed by atoms with Crippen molar-refractivity contribution in [3.8, 4) is 11.5 Å². The fourth-order valence-electron chi connectivity index (χ4n) is 1.38. The van der Waals surface area contributed by atoms with Crippen LogP contribution in [-0.4, -0.2) is 20.3 Å². The van der Waals surface area contributed by atoms with Crippen molar-refractivity contribution in [1.82, 2.24) is 5.32 Å². The lowest BCUT2D eigenvalue weighted by molar-refractivity contribution is 0.348. The molecule has 0 unspecified atom stereocenters. The van der Waals surface area contributed by atoms with E-state index >= 15 is 0 Å². The Balaban J connectivity index is 2.82. The minimum absolute atomic E-state index is 0.247. The molecule has 0 aliphatic rings. The van der Waals surface area contributed by atoms with Gasteiger partial charge >= 0.3 is 0 Å². The number of ether oxygens (including phenoxy) is 2. The number of nitrogens with one attached hydrogen (secondary N) is 1. The van der Waals surface area contributed by atoms with E-state index in [4.69, 9.17) is 32.7 Å². The lowest BCUT2D eigenvalue weighted by atomic mass is 10.2. The van der Waals surface area contributed by atoms with Crippen LogP contribution >= 0.6 is 23.2 Å². The van der Waals surface area contributed by atoms with Crippen LogP contribution in [0.25, 0.3) is 0 Å². The zero-order valence-electron chi connectivity index (χ0n) is 10.5. The van der Waals surface area contributed by atoms with E-state index in [2.05, 4.69) is 12.2 Å². The number of methoxy groups -OCH3 is 1. The molecule has 18 heavy (non-hydrogen) atoms. The highest BCUT2D eigenvalue weighted by atomic mass is 35.5. The Morgan fingerprint density at radius 3 is 2.83 bits per heavy atom. The molecule has 1 aromatic rings. The molecule has 0 saturated carbocycles. The van der Waals surface area contributed by atoms with Crippen molar-refractivity contribution >= 4 is 23.2 Å². The van der Waals surface area contributed by atoms with Gasteiger partial charge in [0.05, 0.1) is 12.1 Å². The van der Waals surface area contributed by atoms with Gasteiger partial charge in [-0.3, -0.25) is 0 Å². The third-order valence-electron chi connectivity index (χ3n) is 2.32. The van der Waals surface area contributed by atoms with Gasteiger partial charge < -0.3 is 14.8 Å². The van der Waals surface area contributed by atoms with Crippen LogP contribution in [0.1, 0.15) is 12.5 Å². The smallest absolute Gasteiger partial charge is 0.128 e. The molecular weight excluding hydrogens is 273 g/mol. The van der Waals surface area contributed by atoms with Crippen LogP contribution in [0.4, 0.5) is 0 Å². The molecule has 100 valence electrons. The Labute approximate surface area is 118 Å². The van der Waals surface area contributed by atoms with E-state index in [1.54, 1.807) is 7.11 Å². The Hall–Kier alpha value is -0.900. The SMILES string of the molecule is CCNCc1ccc(OC)cc1OCC(Cl)=CCl. The standard InChI is InChI=1S/C13H17Cl2NO2/c1-3-16-8-10-4-5-12(17-2)6-13(10)18-9-11(15)7-14/h4-7,16H,3,8-9H2,1-2H3. The summed E-state index contributed by atoms with van der Waals surface area (Å²) in [5, 5.41) is 3.70. The number of hydrogen-bond acceptors (Lipinski definition) is 3. The van der Waals surface area contributed by atoms with Gasteiger partial charge in [0.2, 0.25) is 0 Å². The predicted octanol–water partition coefficient (Wildman–Crippen LogP) is 3.50. The number of rotatable bonds is 7. The lowest BCUT2D eigenvalue weighted by Gasteiger charge is -2.13. The van der Waals surface area contributed by atoms with E-state index in [9.17, 15) is 0 Å². The zero-order chi connectivity index (χ0) is 13.4. The molecule has 3 nitrogen and oxygen atoms in total. The third-order valence-corrected chi connectivity index (χ3v) is 2.92. The highest BCUT2D eigenvalue weighted by Crippen LogP contribution is 2.25. The molecule has 1 aromatic carbocycles. The highest BCUT2D eigenvalue weighted by molar-refractivity contribution is 6.36. The summed E-state index contributed by atoms with van der Waals surface area (Å²) in [5.74, 6) is 1.49. The summed E-state index contributed by atoms with van der Waals surface area (Å²) in [6, 6.07) is 5.71. The molecule has 1 rings (SSSR count). The second-order valence-electron chi connectivity index (χ2n) is 3.60. The van der Waals surface area contributed by atoms with Crippen LogP contribution in [0, 0.1) is 0 Å². The third kappa shape index (κ3) is 4.77. The number of benzene rings is 1. The first-order valence-corrected chi connectivity index (χ1v) is 6.47. The summed E-state index contributed by atoms with van der Waals surface area (Å²) < 4.78 is 10.8. The van der Waals surface area contributed by atoms with E-state index in [1.165, 1.54) is 5.54 Å². The average molecular weight is 290 g/mol. The fourth-order valence-corrected chi connectivity index (χ4v) is 1.50. The van der Waals surface area contributed by atoms with Crippen molar-refractivity contribution in [3.05, 3.63) is 34.3 Å². The Morgan fingerprint density at radius 2 is 2.22 bits per heavy atom. The van der Waals surface area contributed by atoms with Crippen LogP contribution < -0.4 is 14.8 Å². The second-order valence-corrected chi connectivity index (χ2v) is 4.30. The summed E-state index contributed by atoms with van der Waals surface area (Å²) in [5.41, 5.74) is 2.35. The van der Waals surface area contributed by atoms with Crippen LogP contribution in [0.2, 0.25) is 0 Å². The first kappa shape index (κ1) is 15.2. The summed E-state index contributed by atoms with van der Waals surface area (Å²) in [6.07, 6.45) is 0. The summed E-state index contributed by atoms with van der Waals surface area (Å²) in [4.78, 5) is 0. The van der Waals surface area contributed by atoms with Crippen LogP contribution in [0.3, 0.4) is 0 Å². The van der Waals surface area contributed by atoms with Gasteiger partial charge in [-0.1, -0.05) is 36.2 Å². The topological polar surface area (TPSA) is 30.5 Å². The molecule has 0 aromatic heterocycles. The van der Waals surface area contributed by atoms with Gasteiger partial charge in [-0.25, -0.2) is 0 Å². The summed E-state index contributed by atoms with van der Waals surface area (Å²) >= 11 is 11.3. The van der Waals surface area contributed by atoms with Gasteiger partial charge in [0.15, 0.2) is 0 Å². The minimum atomic E-state index is 0.247. The molecule has 0 fully saturated rings. The van der Waals surface area contributed by atoms with Gasteiger partial charge in [0.1, 0.15) is 18.1 Å². The molecule has 5 heteroatoms. The van der Waals surface area contributed by atoms with Crippen LogP contribution in [-0.2, 0) is 6.54 Å². The maximum atomic E-state index is 5.80. The number of hydrogen-bond donors (Lipinski definition) is 1. The second kappa shape index (κ2) is 8.25. The van der Waals surface area contributed by atoms with Crippen molar-refractivity contribution in [3.63, 3.8) is 0 Å². The Morgan fingerprint density at radius 1 is 1.44 bits per heavy atom. The predicted molar refractivity (Wildman–Crippen MR) is 75.7 cm³/mol. The quantitative estimate of drug-likeness (QED) is 0.833. The van der Waals surface area contributed by atoms with Gasteiger partial charge in [0.25, 0.3) is 0 Å². The molecule has 1 N–H and O–H groups in total. The molecule has 0 aliphatic heterocycles. The molecule has 0 radical (unpaired) electrons. The van der Waals surface area contributed by atoms with E-state index in [0.717, 1.165) is 30.2 Å². The molecule has 0 amide bonds. The summed E-state index contributed by atoms with van der Waals surface area (Å²) in [7, 11) is 1.62. The Bertz CT molecular complexity index is 408. The Kier molecular flexibility index (Phi) is 6.94. The van der Waals surface area contributed by atoms with Crippen molar-refractivity contribution < 1.29 is 9.47 Å². The van der Waals surface area contributed by atoms with Crippen molar-refractivity contribution in [1.29, 1.82) is 0 Å². The molecule has 0 saturated heterocycles. The molecule has 0 heterocycles. The number of halogens is 2. The van der Waals surface area contributed by atoms with E-state index < -0.39 is 0 Å². The largest absolute Gasteiger partial charge is 0.497 e. The van der Waals surface area contributed by atoms with Crippen molar-refractivity contribution in [2.24, 2.45) is 0 Å². The van der Waals surface area contributed by atoms with E-state index in [-0.39, 0.29) is 6.61 Å². The molecule has 0 aliphatic carbocycles. The molecular formula is C13H17Cl2NO2. The van der Waals surface area contributed by atoms with E-state index in [1.807, 2.05) is 18.2 Å². The maximum Gasteiger partial charge on any atom is 0.128 e. The average Bonchev–Trinajstić information content (AvgIpc) is 2.42. The molecule has 0 bridgehead atoms. The lowest BCUT2D eigenvalue weighted by Crippen LogP contribution is -2.13. The van der Waals surface area contributed by atoms with Gasteiger partial charge in [0, 0.05) is 23.7 Å². The highest BCUT2D eigenvalue weighted by Gasteiger charge is 2.06. The maximum absolute atomic E-state index is 5.80. The van der Waals surface area contributed by atoms with Crippen LogP contribution in [0.15, 0.2) is 28.8 Å². The van der Waals surface area contributed by atoms with Crippen molar-refractivity contribution in [2.45, 2.75) is 13.5 Å². The van der Waals surface area contributed by atoms with Crippen molar-refractivity contribution in [2.75, 3.05) is 20.3 Å². The minimum Gasteiger partial charge on any atom is -0.497 e. The van der Waals surface area contributed by atoms with Crippen LogP contribution in [0.5, 0.6) is 11.5 Å². The monoisotopic (exact) mass is 289 g/mol. The van der Waals surface area contributed by atoms with E-state index in [0.29, 0.717) is 5.03 Å². The molecule has 0 atom stereocenters. The summed E-state index contributed by atoms with van der Waals surface area (Å²) in [6.45, 7) is 3.93. The first-order chi connectivity index (χ1) is 8.71. The normalized spacial score (nSPS) is 11.4.